The van der Waals surface area contributed by atoms with Gasteiger partial charge in [0.25, 0.3) is 0 Å². The molecule has 7 nitrogen and oxygen atoms in total. The summed E-state index contributed by atoms with van der Waals surface area (Å²) in [6, 6.07) is 11.0. The van der Waals surface area contributed by atoms with Gasteiger partial charge < -0.3 is 15.3 Å². The minimum Gasteiger partial charge on any atom is -0.393 e. The predicted molar refractivity (Wildman–Crippen MR) is 112 cm³/mol. The van der Waals surface area contributed by atoms with Crippen molar-refractivity contribution in [3.05, 3.63) is 60.0 Å². The maximum atomic E-state index is 13.4. The van der Waals surface area contributed by atoms with E-state index in [4.69, 9.17) is 0 Å². The van der Waals surface area contributed by atoms with Crippen LogP contribution in [0.1, 0.15) is 24.1 Å². The maximum absolute atomic E-state index is 13.4. The van der Waals surface area contributed by atoms with E-state index in [1.54, 1.807) is 18.2 Å². The van der Waals surface area contributed by atoms with Crippen LogP contribution in [-0.2, 0) is 6.18 Å². The first kappa shape index (κ1) is 21.5. The van der Waals surface area contributed by atoms with Gasteiger partial charge in [0.05, 0.1) is 17.4 Å². The van der Waals surface area contributed by atoms with Crippen molar-refractivity contribution < 1.29 is 18.3 Å². The molecule has 0 aliphatic carbocycles. The number of hydrogen-bond donors (Lipinski definition) is 2. The average molecular weight is 440 g/mol. The van der Waals surface area contributed by atoms with Gasteiger partial charge in [-0.25, -0.2) is 9.97 Å². The summed E-state index contributed by atoms with van der Waals surface area (Å²) in [7, 11) is 0. The molecular weight excluding hydrogens is 421 g/mol. The van der Waals surface area contributed by atoms with Gasteiger partial charge >= 0.3 is 6.18 Å². The second-order valence-electron chi connectivity index (χ2n) is 7.38. The highest BCUT2D eigenvalue weighted by Crippen LogP contribution is 2.32. The molecule has 0 saturated carbocycles. The highest BCUT2D eigenvalue weighted by molar-refractivity contribution is 5.69. The standard InChI is InChI=1S/C22H19F3N6O/c23-22(24,25)19-12-20(30-21(29-19)14-3-7-27-8-4-14)28-16-1-2-18(15(11-16)13-26)31-9-5-17(32)6-10-31/h1-4,7-8,11-12,17,32H,5-6,9-10H2,(H,28,29,30). The summed E-state index contributed by atoms with van der Waals surface area (Å²) in [5.74, 6) is -0.134. The Labute approximate surface area is 182 Å². The summed E-state index contributed by atoms with van der Waals surface area (Å²) in [4.78, 5) is 13.7. The smallest absolute Gasteiger partial charge is 0.393 e. The second kappa shape index (κ2) is 8.80. The van der Waals surface area contributed by atoms with Gasteiger partial charge in [-0.3, -0.25) is 4.98 Å². The van der Waals surface area contributed by atoms with Crippen molar-refractivity contribution in [2.24, 2.45) is 0 Å². The Morgan fingerprint density at radius 1 is 1.06 bits per heavy atom. The number of rotatable bonds is 4. The van der Waals surface area contributed by atoms with Gasteiger partial charge in [-0.05, 0) is 43.2 Å². The minimum absolute atomic E-state index is 0.0446. The van der Waals surface area contributed by atoms with E-state index in [-0.39, 0.29) is 17.7 Å². The number of anilines is 3. The highest BCUT2D eigenvalue weighted by atomic mass is 19.4. The third kappa shape index (κ3) is 4.78. The molecule has 32 heavy (non-hydrogen) atoms. The molecule has 1 aromatic carbocycles. The Bertz CT molecular complexity index is 1140. The molecule has 1 aliphatic heterocycles. The van der Waals surface area contributed by atoms with E-state index in [9.17, 15) is 23.5 Å². The molecule has 1 saturated heterocycles. The van der Waals surface area contributed by atoms with Crippen molar-refractivity contribution in [1.29, 1.82) is 5.26 Å². The Hall–Kier alpha value is -3.71. The van der Waals surface area contributed by atoms with Crippen LogP contribution in [-0.4, -0.2) is 39.3 Å². The average Bonchev–Trinajstić information content (AvgIpc) is 2.79. The maximum Gasteiger partial charge on any atom is 0.433 e. The quantitative estimate of drug-likeness (QED) is 0.629. The number of nitrogens with zero attached hydrogens (tertiary/aromatic N) is 5. The third-order valence-corrected chi connectivity index (χ3v) is 5.15. The lowest BCUT2D eigenvalue weighted by molar-refractivity contribution is -0.141. The number of benzene rings is 1. The Balaban J connectivity index is 1.65. The molecule has 1 fully saturated rings. The summed E-state index contributed by atoms with van der Waals surface area (Å²) in [6.07, 6.45) is -0.865. The lowest BCUT2D eigenvalue weighted by atomic mass is 10.0. The number of nitriles is 1. The van der Waals surface area contributed by atoms with E-state index in [0.717, 1.165) is 11.8 Å². The summed E-state index contributed by atoms with van der Waals surface area (Å²) in [5.41, 5.74) is 0.849. The van der Waals surface area contributed by atoms with Crippen LogP contribution in [0.15, 0.2) is 48.8 Å². The van der Waals surface area contributed by atoms with Gasteiger partial charge in [-0.15, -0.1) is 0 Å². The van der Waals surface area contributed by atoms with Crippen LogP contribution in [0.3, 0.4) is 0 Å². The van der Waals surface area contributed by atoms with Crippen molar-refractivity contribution in [3.63, 3.8) is 0 Å². The number of piperidine rings is 1. The topological polar surface area (TPSA) is 98.0 Å². The molecule has 0 unspecified atom stereocenters. The molecule has 1 aliphatic rings. The Kier molecular flexibility index (Phi) is 5.92. The molecule has 3 heterocycles. The van der Waals surface area contributed by atoms with Gasteiger partial charge in [0.15, 0.2) is 11.5 Å². The zero-order valence-corrected chi connectivity index (χ0v) is 16.8. The monoisotopic (exact) mass is 440 g/mol. The fraction of sp³-hybridized carbons (Fsp3) is 0.273. The minimum atomic E-state index is -4.65. The van der Waals surface area contributed by atoms with E-state index in [0.29, 0.717) is 42.7 Å². The number of halogens is 3. The molecule has 2 aromatic heterocycles. The van der Waals surface area contributed by atoms with Crippen molar-refractivity contribution >= 4 is 17.2 Å². The fourth-order valence-corrected chi connectivity index (χ4v) is 3.52. The van der Waals surface area contributed by atoms with Crippen LogP contribution >= 0.6 is 0 Å². The lowest BCUT2D eigenvalue weighted by Crippen LogP contribution is -2.36. The molecule has 10 heteroatoms. The van der Waals surface area contributed by atoms with Crippen molar-refractivity contribution in [1.82, 2.24) is 15.0 Å². The van der Waals surface area contributed by atoms with Crippen LogP contribution in [0.25, 0.3) is 11.4 Å². The molecule has 0 bridgehead atoms. The normalized spacial score (nSPS) is 14.8. The van der Waals surface area contributed by atoms with Crippen LogP contribution in [0.5, 0.6) is 0 Å². The van der Waals surface area contributed by atoms with E-state index in [1.807, 2.05) is 4.90 Å². The summed E-state index contributed by atoms with van der Waals surface area (Å²) in [6.45, 7) is 1.25. The molecule has 0 radical (unpaired) electrons. The van der Waals surface area contributed by atoms with Gasteiger partial charge in [0, 0.05) is 42.8 Å². The zero-order valence-electron chi connectivity index (χ0n) is 16.8. The first-order chi connectivity index (χ1) is 15.3. The zero-order chi connectivity index (χ0) is 22.7. The van der Waals surface area contributed by atoms with Crippen LogP contribution < -0.4 is 10.2 Å². The van der Waals surface area contributed by atoms with E-state index >= 15 is 0 Å². The number of hydrogen-bond acceptors (Lipinski definition) is 7. The van der Waals surface area contributed by atoms with Gasteiger partial charge in [0.1, 0.15) is 11.9 Å². The number of nitrogens with one attached hydrogen (secondary N) is 1. The van der Waals surface area contributed by atoms with Gasteiger partial charge in [0.2, 0.25) is 0 Å². The summed E-state index contributed by atoms with van der Waals surface area (Å²) < 4.78 is 40.2. The SMILES string of the molecule is N#Cc1cc(Nc2cc(C(F)(F)F)nc(-c3ccncc3)n2)ccc1N1CCC(O)CC1. The summed E-state index contributed by atoms with van der Waals surface area (Å²) in [5, 5.41) is 22.2. The first-order valence-corrected chi connectivity index (χ1v) is 9.94. The Morgan fingerprint density at radius 3 is 2.44 bits per heavy atom. The number of aliphatic hydroxyl groups excluding tert-OH is 1. The molecule has 4 rings (SSSR count). The van der Waals surface area contributed by atoms with Crippen molar-refractivity contribution in [2.75, 3.05) is 23.3 Å². The van der Waals surface area contributed by atoms with Gasteiger partial charge in [-0.2, -0.15) is 18.4 Å². The number of aromatic nitrogens is 3. The van der Waals surface area contributed by atoms with Crippen LogP contribution in [0.4, 0.5) is 30.4 Å². The second-order valence-corrected chi connectivity index (χ2v) is 7.38. The molecule has 0 spiro atoms. The van der Waals surface area contributed by atoms with Crippen molar-refractivity contribution in [2.45, 2.75) is 25.1 Å². The van der Waals surface area contributed by atoms with E-state index in [1.165, 1.54) is 24.5 Å². The number of pyridine rings is 1. The predicted octanol–water partition coefficient (Wildman–Crippen LogP) is 4.13. The molecule has 2 N–H and O–H groups in total. The van der Waals surface area contributed by atoms with Crippen LogP contribution in [0.2, 0.25) is 0 Å². The number of aliphatic hydroxyl groups is 1. The largest absolute Gasteiger partial charge is 0.433 e. The summed E-state index contributed by atoms with van der Waals surface area (Å²) >= 11 is 0. The molecule has 3 aromatic rings. The van der Waals surface area contributed by atoms with Crippen molar-refractivity contribution in [3.8, 4) is 17.5 Å². The molecule has 0 amide bonds. The third-order valence-electron chi connectivity index (χ3n) is 5.15. The highest BCUT2D eigenvalue weighted by Gasteiger charge is 2.34. The molecular formula is C22H19F3N6O. The molecule has 164 valence electrons. The van der Waals surface area contributed by atoms with E-state index < -0.39 is 11.9 Å². The Morgan fingerprint density at radius 2 is 1.78 bits per heavy atom. The number of alkyl halides is 3. The lowest BCUT2D eigenvalue weighted by Gasteiger charge is -2.32. The first-order valence-electron chi connectivity index (χ1n) is 9.94. The van der Waals surface area contributed by atoms with Gasteiger partial charge in [-0.1, -0.05) is 0 Å². The van der Waals surface area contributed by atoms with E-state index in [2.05, 4.69) is 26.3 Å². The molecule has 0 atom stereocenters. The fourth-order valence-electron chi connectivity index (χ4n) is 3.52. The van der Waals surface area contributed by atoms with Crippen LogP contribution in [0, 0.1) is 11.3 Å².